The average molecular weight is 266 g/mol. The molecule has 1 unspecified atom stereocenters. The van der Waals surface area contributed by atoms with E-state index in [1.165, 1.54) is 7.11 Å². The van der Waals surface area contributed by atoms with Crippen LogP contribution in [0.2, 0.25) is 0 Å². The van der Waals surface area contributed by atoms with Crippen LogP contribution in [0, 0.1) is 0 Å². The van der Waals surface area contributed by atoms with Gasteiger partial charge in [0.2, 0.25) is 5.91 Å². The highest BCUT2D eigenvalue weighted by Gasteiger charge is 2.29. The maximum absolute atomic E-state index is 12.0. The Hall–Kier alpha value is -1.89. The second-order valence-electron chi connectivity index (χ2n) is 4.60. The lowest BCUT2D eigenvalue weighted by molar-refractivity contribution is -0.139. The molecule has 0 bridgehead atoms. The molecule has 0 aliphatic carbocycles. The second-order valence-corrected chi connectivity index (χ2v) is 4.60. The summed E-state index contributed by atoms with van der Waals surface area (Å²) in [6.07, 6.45) is 2.85. The standard InChI is InChI=1S/C12H18N4O3/c1-19-7-11(17)16-5-3-2-4-10(16)8-6-9(12(13)18)15-14-8/h6,10H,2-5,7H2,1H3,(H2,13,18)(H,14,15). The third-order valence-electron chi connectivity index (χ3n) is 3.30. The van der Waals surface area contributed by atoms with Crippen LogP contribution in [0.4, 0.5) is 0 Å². The van der Waals surface area contributed by atoms with Crippen molar-refractivity contribution in [3.63, 3.8) is 0 Å². The second kappa shape index (κ2) is 5.83. The molecule has 0 aromatic carbocycles. The largest absolute Gasteiger partial charge is 0.375 e. The number of piperidine rings is 1. The zero-order valence-electron chi connectivity index (χ0n) is 10.9. The quantitative estimate of drug-likeness (QED) is 0.813. The predicted octanol–water partition coefficient (Wildman–Crippen LogP) is 0.209. The maximum atomic E-state index is 12.0. The van der Waals surface area contributed by atoms with Crippen LogP contribution in [-0.4, -0.2) is 47.2 Å². The summed E-state index contributed by atoms with van der Waals surface area (Å²) < 4.78 is 4.89. The number of amides is 2. The topological polar surface area (TPSA) is 101 Å². The third-order valence-corrected chi connectivity index (χ3v) is 3.30. The summed E-state index contributed by atoms with van der Waals surface area (Å²) >= 11 is 0. The van der Waals surface area contributed by atoms with Gasteiger partial charge in [0.15, 0.2) is 0 Å². The first kappa shape index (κ1) is 13.5. The molecule has 2 amide bonds. The van der Waals surface area contributed by atoms with E-state index in [2.05, 4.69) is 10.2 Å². The van der Waals surface area contributed by atoms with Crippen molar-refractivity contribution in [2.24, 2.45) is 5.73 Å². The van der Waals surface area contributed by atoms with Gasteiger partial charge in [0.1, 0.15) is 12.3 Å². The van der Waals surface area contributed by atoms with Crippen LogP contribution >= 0.6 is 0 Å². The summed E-state index contributed by atoms with van der Waals surface area (Å²) in [5.41, 5.74) is 6.12. The molecular formula is C12H18N4O3. The molecule has 7 heteroatoms. The van der Waals surface area contributed by atoms with Crippen molar-refractivity contribution in [2.45, 2.75) is 25.3 Å². The van der Waals surface area contributed by atoms with E-state index < -0.39 is 5.91 Å². The number of primary amides is 1. The molecule has 1 aromatic rings. The van der Waals surface area contributed by atoms with E-state index in [-0.39, 0.29) is 24.2 Å². The van der Waals surface area contributed by atoms with Gasteiger partial charge in [0.05, 0.1) is 11.7 Å². The number of hydrogen-bond donors (Lipinski definition) is 2. The van der Waals surface area contributed by atoms with E-state index >= 15 is 0 Å². The summed E-state index contributed by atoms with van der Waals surface area (Å²) in [7, 11) is 1.50. The highest BCUT2D eigenvalue weighted by Crippen LogP contribution is 2.30. The number of rotatable bonds is 4. The molecule has 19 heavy (non-hydrogen) atoms. The minimum Gasteiger partial charge on any atom is -0.375 e. The van der Waals surface area contributed by atoms with Crippen molar-refractivity contribution in [3.8, 4) is 0 Å². The van der Waals surface area contributed by atoms with Crippen molar-refractivity contribution in [2.75, 3.05) is 20.3 Å². The first-order chi connectivity index (χ1) is 9.13. The summed E-state index contributed by atoms with van der Waals surface area (Å²) in [6.45, 7) is 0.755. The predicted molar refractivity (Wildman–Crippen MR) is 67.3 cm³/mol. The number of nitrogens with two attached hydrogens (primary N) is 1. The van der Waals surface area contributed by atoms with E-state index in [0.29, 0.717) is 6.54 Å². The molecule has 1 saturated heterocycles. The van der Waals surface area contributed by atoms with Crippen LogP contribution in [0.15, 0.2) is 6.07 Å². The molecule has 1 aliphatic heterocycles. The number of likely N-dealkylation sites (tertiary alicyclic amines) is 1. The van der Waals surface area contributed by atoms with Crippen LogP contribution in [-0.2, 0) is 9.53 Å². The maximum Gasteiger partial charge on any atom is 0.269 e. The Labute approximate surface area is 111 Å². The number of ether oxygens (including phenoxy) is 1. The molecule has 104 valence electrons. The summed E-state index contributed by atoms with van der Waals surface area (Å²) in [4.78, 5) is 24.8. The lowest BCUT2D eigenvalue weighted by Gasteiger charge is -2.34. The number of H-pyrrole nitrogens is 1. The molecule has 2 rings (SSSR count). The highest BCUT2D eigenvalue weighted by molar-refractivity contribution is 5.90. The molecule has 1 aromatic heterocycles. The zero-order chi connectivity index (χ0) is 13.8. The Morgan fingerprint density at radius 3 is 3.00 bits per heavy atom. The number of nitrogens with one attached hydrogen (secondary N) is 1. The number of carbonyl (C=O) groups excluding carboxylic acids is 2. The van der Waals surface area contributed by atoms with Gasteiger partial charge < -0.3 is 15.4 Å². The Bertz CT molecular complexity index is 471. The molecule has 3 N–H and O–H groups in total. The van der Waals surface area contributed by atoms with Gasteiger partial charge in [-0.05, 0) is 25.3 Å². The van der Waals surface area contributed by atoms with Crippen LogP contribution in [0.25, 0.3) is 0 Å². The van der Waals surface area contributed by atoms with Gasteiger partial charge >= 0.3 is 0 Å². The van der Waals surface area contributed by atoms with Gasteiger partial charge in [-0.1, -0.05) is 0 Å². The Morgan fingerprint density at radius 2 is 2.37 bits per heavy atom. The molecule has 2 heterocycles. The number of hydrogen-bond acceptors (Lipinski definition) is 4. The van der Waals surface area contributed by atoms with E-state index in [0.717, 1.165) is 25.0 Å². The lowest BCUT2D eigenvalue weighted by Crippen LogP contribution is -2.40. The van der Waals surface area contributed by atoms with Crippen molar-refractivity contribution in [1.29, 1.82) is 0 Å². The van der Waals surface area contributed by atoms with Crippen molar-refractivity contribution >= 4 is 11.8 Å². The Balaban J connectivity index is 2.18. The zero-order valence-corrected chi connectivity index (χ0v) is 10.9. The number of aromatic amines is 1. The van der Waals surface area contributed by atoms with Crippen LogP contribution in [0.3, 0.4) is 0 Å². The third kappa shape index (κ3) is 2.93. The van der Waals surface area contributed by atoms with E-state index in [1.54, 1.807) is 11.0 Å². The Morgan fingerprint density at radius 1 is 1.58 bits per heavy atom. The SMILES string of the molecule is COCC(=O)N1CCCCC1c1cc(C(N)=O)n[nH]1. The van der Waals surface area contributed by atoms with Gasteiger partial charge in [-0.3, -0.25) is 14.7 Å². The molecule has 1 atom stereocenters. The number of methoxy groups -OCH3 is 1. The number of aromatic nitrogens is 2. The molecule has 0 radical (unpaired) electrons. The van der Waals surface area contributed by atoms with Crippen LogP contribution in [0.1, 0.15) is 41.5 Å². The van der Waals surface area contributed by atoms with Crippen molar-refractivity contribution < 1.29 is 14.3 Å². The van der Waals surface area contributed by atoms with Crippen LogP contribution < -0.4 is 5.73 Å². The van der Waals surface area contributed by atoms with Gasteiger partial charge in [0, 0.05) is 13.7 Å². The van der Waals surface area contributed by atoms with E-state index in [4.69, 9.17) is 10.5 Å². The first-order valence-corrected chi connectivity index (χ1v) is 6.27. The number of nitrogens with zero attached hydrogens (tertiary/aromatic N) is 2. The lowest BCUT2D eigenvalue weighted by atomic mass is 9.99. The van der Waals surface area contributed by atoms with Gasteiger partial charge in [-0.2, -0.15) is 5.10 Å². The molecule has 0 saturated carbocycles. The minimum atomic E-state index is -0.576. The van der Waals surface area contributed by atoms with Crippen molar-refractivity contribution in [3.05, 3.63) is 17.5 Å². The fraction of sp³-hybridized carbons (Fsp3) is 0.583. The molecule has 7 nitrogen and oxygen atoms in total. The fourth-order valence-electron chi connectivity index (χ4n) is 2.39. The first-order valence-electron chi connectivity index (χ1n) is 6.27. The molecule has 1 aliphatic rings. The minimum absolute atomic E-state index is 0.0533. The number of carbonyl (C=O) groups is 2. The van der Waals surface area contributed by atoms with Gasteiger partial charge in [0.25, 0.3) is 5.91 Å². The fourth-order valence-corrected chi connectivity index (χ4v) is 2.39. The van der Waals surface area contributed by atoms with E-state index in [9.17, 15) is 9.59 Å². The van der Waals surface area contributed by atoms with Crippen molar-refractivity contribution in [1.82, 2.24) is 15.1 Å². The molecule has 1 fully saturated rings. The average Bonchev–Trinajstić information content (AvgIpc) is 2.88. The summed E-state index contributed by atoms with van der Waals surface area (Å²) in [6, 6.07) is 1.53. The molecular weight excluding hydrogens is 248 g/mol. The molecule has 0 spiro atoms. The Kier molecular flexibility index (Phi) is 4.16. The smallest absolute Gasteiger partial charge is 0.269 e. The summed E-state index contributed by atoms with van der Waals surface area (Å²) in [5.74, 6) is -0.629. The van der Waals surface area contributed by atoms with Gasteiger partial charge in [-0.25, -0.2) is 0 Å². The van der Waals surface area contributed by atoms with Gasteiger partial charge in [-0.15, -0.1) is 0 Å². The normalized spacial score (nSPS) is 19.4. The van der Waals surface area contributed by atoms with Crippen LogP contribution in [0.5, 0.6) is 0 Å². The van der Waals surface area contributed by atoms with E-state index in [1.807, 2.05) is 0 Å². The summed E-state index contributed by atoms with van der Waals surface area (Å²) in [5, 5.41) is 6.66. The highest BCUT2D eigenvalue weighted by atomic mass is 16.5. The monoisotopic (exact) mass is 266 g/mol.